The van der Waals surface area contributed by atoms with E-state index >= 15 is 0 Å². The highest BCUT2D eigenvalue weighted by molar-refractivity contribution is 7.92. The van der Waals surface area contributed by atoms with E-state index in [4.69, 9.17) is 0 Å². The van der Waals surface area contributed by atoms with Crippen LogP contribution in [0.15, 0.2) is 106 Å². The second kappa shape index (κ2) is 8.37. The van der Waals surface area contributed by atoms with E-state index in [1.807, 2.05) is 0 Å². The smallest absolute Gasteiger partial charge is 0.295 e. The molecule has 4 rings (SSSR count). The van der Waals surface area contributed by atoms with Crippen molar-refractivity contribution in [1.29, 1.82) is 0 Å². The van der Waals surface area contributed by atoms with E-state index in [9.17, 15) is 18.3 Å². The Bertz CT molecular complexity index is 1390. The number of anilines is 1. The third-order valence-electron chi connectivity index (χ3n) is 4.56. The molecule has 0 saturated heterocycles. The highest BCUT2D eigenvalue weighted by atomic mass is 32.2. The van der Waals surface area contributed by atoms with Crippen LogP contribution >= 0.6 is 0 Å². The first kappa shape index (κ1) is 20.2. The molecule has 0 aliphatic heterocycles. The summed E-state index contributed by atoms with van der Waals surface area (Å²) in [5, 5.41) is 19.0. The monoisotopic (exact) mass is 431 g/mol. The Labute approximate surface area is 178 Å². The molecule has 31 heavy (non-hydrogen) atoms. The maximum atomic E-state index is 12.8. The maximum Gasteiger partial charge on any atom is 0.295 e. The van der Waals surface area contributed by atoms with Crippen molar-refractivity contribution in [2.24, 2.45) is 10.2 Å². The van der Waals surface area contributed by atoms with Crippen molar-refractivity contribution in [2.45, 2.75) is 4.90 Å². The van der Waals surface area contributed by atoms with Crippen molar-refractivity contribution in [3.05, 3.63) is 96.6 Å². The average molecular weight is 431 g/mol. The van der Waals surface area contributed by atoms with E-state index < -0.39 is 15.9 Å². The van der Waals surface area contributed by atoms with Gasteiger partial charge in [-0.3, -0.25) is 9.52 Å². The fraction of sp³-hybridized carbons (Fsp3) is 0. The molecule has 0 heterocycles. The van der Waals surface area contributed by atoms with Gasteiger partial charge in [0.25, 0.3) is 15.9 Å². The van der Waals surface area contributed by atoms with Crippen molar-refractivity contribution >= 4 is 38.1 Å². The molecule has 4 aromatic rings. The molecular formula is C23H17N3O4S. The fourth-order valence-corrected chi connectivity index (χ4v) is 4.14. The standard InChI is InChI=1S/C23H17N3O4S/c27-22-19-14-8-7-13-18(19)20(26-31(29,30)17-11-5-2-6-12-17)15-21(22)24-25-23(28)16-9-3-1-4-10-16/h1-15,26-27H. The number of hydrogen-bond donors (Lipinski definition) is 2. The van der Waals surface area contributed by atoms with Gasteiger partial charge in [0.2, 0.25) is 0 Å². The number of azo groups is 1. The highest BCUT2D eigenvalue weighted by Crippen LogP contribution is 2.40. The molecule has 0 unspecified atom stereocenters. The van der Waals surface area contributed by atoms with Crippen LogP contribution in [0.2, 0.25) is 0 Å². The first-order valence-corrected chi connectivity index (χ1v) is 10.8. The zero-order valence-corrected chi connectivity index (χ0v) is 17.0. The van der Waals surface area contributed by atoms with Crippen molar-refractivity contribution in [3.63, 3.8) is 0 Å². The van der Waals surface area contributed by atoms with Crippen LogP contribution in [0.4, 0.5) is 11.4 Å². The van der Waals surface area contributed by atoms with Crippen LogP contribution < -0.4 is 4.72 Å². The quantitative estimate of drug-likeness (QED) is 0.331. The number of nitrogens with zero attached hydrogens (tertiary/aromatic N) is 2. The number of phenols is 1. The number of carbonyl (C=O) groups excluding carboxylic acids is 1. The van der Waals surface area contributed by atoms with Crippen molar-refractivity contribution in [1.82, 2.24) is 0 Å². The van der Waals surface area contributed by atoms with E-state index in [-0.39, 0.29) is 22.0 Å². The molecule has 0 radical (unpaired) electrons. The minimum Gasteiger partial charge on any atom is -0.505 e. The Morgan fingerprint density at radius 2 is 1.39 bits per heavy atom. The number of fused-ring (bicyclic) bond motifs is 1. The largest absolute Gasteiger partial charge is 0.505 e. The van der Waals surface area contributed by atoms with Gasteiger partial charge in [-0.15, -0.1) is 10.2 Å². The molecule has 2 N–H and O–H groups in total. The summed E-state index contributed by atoms with van der Waals surface area (Å²) in [6, 6.07) is 24.4. The normalized spacial score (nSPS) is 11.6. The third kappa shape index (κ3) is 4.29. The van der Waals surface area contributed by atoms with E-state index in [1.54, 1.807) is 72.8 Å². The van der Waals surface area contributed by atoms with E-state index in [0.717, 1.165) is 0 Å². The molecule has 8 heteroatoms. The summed E-state index contributed by atoms with van der Waals surface area (Å²) in [5.41, 5.74) is 0.517. The summed E-state index contributed by atoms with van der Waals surface area (Å²) < 4.78 is 28.2. The van der Waals surface area contributed by atoms with Crippen LogP contribution in [0.25, 0.3) is 10.8 Å². The summed E-state index contributed by atoms with van der Waals surface area (Å²) in [6.45, 7) is 0. The topological polar surface area (TPSA) is 108 Å². The molecule has 0 atom stereocenters. The molecule has 154 valence electrons. The summed E-state index contributed by atoms with van der Waals surface area (Å²) in [4.78, 5) is 12.3. The summed E-state index contributed by atoms with van der Waals surface area (Å²) in [7, 11) is -3.88. The van der Waals surface area contributed by atoms with Gasteiger partial charge in [-0.05, 0) is 30.3 Å². The Balaban J connectivity index is 1.77. The molecule has 0 bridgehead atoms. The van der Waals surface area contributed by atoms with Crippen molar-refractivity contribution in [2.75, 3.05) is 4.72 Å². The number of benzene rings is 4. The van der Waals surface area contributed by atoms with E-state index in [2.05, 4.69) is 15.0 Å². The van der Waals surface area contributed by atoms with Crippen molar-refractivity contribution < 1.29 is 18.3 Å². The minimum absolute atomic E-state index is 0.0336. The van der Waals surface area contributed by atoms with E-state index in [0.29, 0.717) is 16.3 Å². The van der Waals surface area contributed by atoms with E-state index in [1.165, 1.54) is 18.2 Å². The summed E-state index contributed by atoms with van der Waals surface area (Å²) >= 11 is 0. The van der Waals surface area contributed by atoms with Crippen LogP contribution in [-0.2, 0) is 10.0 Å². The molecule has 0 fully saturated rings. The van der Waals surface area contributed by atoms with Gasteiger partial charge in [0.1, 0.15) is 5.69 Å². The van der Waals surface area contributed by atoms with Crippen LogP contribution in [0.3, 0.4) is 0 Å². The molecular weight excluding hydrogens is 414 g/mol. The zero-order valence-electron chi connectivity index (χ0n) is 16.1. The lowest BCUT2D eigenvalue weighted by Crippen LogP contribution is -2.13. The lowest BCUT2D eigenvalue weighted by atomic mass is 10.1. The Kier molecular flexibility index (Phi) is 5.46. The second-order valence-electron chi connectivity index (χ2n) is 6.63. The number of sulfonamides is 1. The number of aromatic hydroxyl groups is 1. The third-order valence-corrected chi connectivity index (χ3v) is 5.94. The summed E-state index contributed by atoms with van der Waals surface area (Å²) in [5.74, 6) is -0.789. The number of phenolic OH excluding ortho intramolecular Hbond substituents is 1. The molecule has 0 saturated carbocycles. The Morgan fingerprint density at radius 3 is 2.06 bits per heavy atom. The second-order valence-corrected chi connectivity index (χ2v) is 8.31. The molecule has 0 aromatic heterocycles. The molecule has 0 aliphatic rings. The van der Waals surface area contributed by atoms with Crippen LogP contribution in [0, 0.1) is 0 Å². The first-order chi connectivity index (χ1) is 15.0. The number of nitrogens with one attached hydrogen (secondary N) is 1. The molecule has 7 nitrogen and oxygen atoms in total. The Morgan fingerprint density at radius 1 is 0.806 bits per heavy atom. The van der Waals surface area contributed by atoms with Gasteiger partial charge in [0.05, 0.1) is 10.6 Å². The summed E-state index contributed by atoms with van der Waals surface area (Å²) in [6.07, 6.45) is 0. The SMILES string of the molecule is O=C(N=Nc1cc(NS(=O)(=O)c2ccccc2)c2ccccc2c1O)c1ccccc1. The van der Waals surface area contributed by atoms with Gasteiger partial charge in [-0.25, -0.2) is 8.42 Å². The number of hydrogen-bond acceptors (Lipinski definition) is 5. The number of carbonyl (C=O) groups is 1. The minimum atomic E-state index is -3.88. The lowest BCUT2D eigenvalue weighted by Gasteiger charge is -2.13. The van der Waals surface area contributed by atoms with Gasteiger partial charge < -0.3 is 5.11 Å². The van der Waals surface area contributed by atoms with Crippen LogP contribution in [-0.4, -0.2) is 19.4 Å². The molecule has 1 amide bonds. The Hall–Kier alpha value is -4.04. The van der Waals surface area contributed by atoms with Crippen molar-refractivity contribution in [3.8, 4) is 5.75 Å². The van der Waals surface area contributed by atoms with Gasteiger partial charge in [0, 0.05) is 16.3 Å². The van der Waals surface area contributed by atoms with Gasteiger partial charge in [0.15, 0.2) is 5.75 Å². The first-order valence-electron chi connectivity index (χ1n) is 9.29. The fourth-order valence-electron chi connectivity index (χ4n) is 3.05. The predicted octanol–water partition coefficient (Wildman–Crippen LogP) is 5.27. The lowest BCUT2D eigenvalue weighted by molar-refractivity contribution is 0.0995. The van der Waals surface area contributed by atoms with Gasteiger partial charge >= 0.3 is 0 Å². The number of rotatable bonds is 5. The zero-order chi connectivity index (χ0) is 21.8. The van der Waals surface area contributed by atoms with Crippen LogP contribution in [0.1, 0.15) is 10.4 Å². The highest BCUT2D eigenvalue weighted by Gasteiger charge is 2.18. The molecule has 4 aromatic carbocycles. The van der Waals surface area contributed by atoms with Gasteiger partial charge in [-0.2, -0.15) is 0 Å². The predicted molar refractivity (Wildman–Crippen MR) is 118 cm³/mol. The molecule has 0 spiro atoms. The maximum absolute atomic E-state index is 12.8. The number of amides is 1. The van der Waals surface area contributed by atoms with Crippen LogP contribution in [0.5, 0.6) is 5.75 Å². The van der Waals surface area contributed by atoms with Gasteiger partial charge in [-0.1, -0.05) is 60.7 Å². The average Bonchev–Trinajstić information content (AvgIpc) is 2.81. The molecule has 0 aliphatic carbocycles.